The highest BCUT2D eigenvalue weighted by molar-refractivity contribution is 5.23. The molecular formula is C11H16FN3O5. The second-order valence-corrected chi connectivity index (χ2v) is 4.60. The van der Waals surface area contributed by atoms with Crippen LogP contribution in [0.3, 0.4) is 0 Å². The van der Waals surface area contributed by atoms with Crippen molar-refractivity contribution in [1.29, 1.82) is 0 Å². The molecule has 0 saturated carbocycles. The Kier molecular flexibility index (Phi) is 4.04. The lowest BCUT2D eigenvalue weighted by Gasteiger charge is -2.28. The zero-order valence-electron chi connectivity index (χ0n) is 10.8. The monoisotopic (exact) mass is 289 g/mol. The molecule has 20 heavy (non-hydrogen) atoms. The predicted octanol–water partition coefficient (Wildman–Crippen LogP) is -1.57. The minimum Gasteiger partial charge on any atom is -0.393 e. The second-order valence-electron chi connectivity index (χ2n) is 4.60. The Labute approximate surface area is 113 Å². The molecule has 8 nitrogen and oxygen atoms in total. The van der Waals surface area contributed by atoms with Crippen LogP contribution >= 0.6 is 0 Å². The molecule has 1 fully saturated rings. The Morgan fingerprint density at radius 3 is 2.95 bits per heavy atom. The quantitative estimate of drug-likeness (QED) is 0.612. The molecule has 4 atom stereocenters. The summed E-state index contributed by atoms with van der Waals surface area (Å²) in [5, 5.41) is 19.3. The molecule has 1 aromatic heterocycles. The molecule has 9 heteroatoms. The van der Waals surface area contributed by atoms with Gasteiger partial charge in [0.1, 0.15) is 17.5 Å². The number of anilines is 1. The van der Waals surface area contributed by atoms with Crippen LogP contribution < -0.4 is 11.4 Å². The number of hydrogen-bond donors (Lipinski definition) is 3. The molecule has 0 unspecified atom stereocenters. The number of hydrogen-bond acceptors (Lipinski definition) is 7. The topological polar surface area (TPSA) is 120 Å². The Morgan fingerprint density at radius 2 is 2.40 bits per heavy atom. The molecule has 0 amide bonds. The third-order valence-corrected chi connectivity index (χ3v) is 3.25. The van der Waals surface area contributed by atoms with Gasteiger partial charge in [-0.1, -0.05) is 0 Å². The van der Waals surface area contributed by atoms with E-state index >= 15 is 0 Å². The Morgan fingerprint density at radius 1 is 1.70 bits per heavy atom. The van der Waals surface area contributed by atoms with Gasteiger partial charge in [-0.05, 0) is 6.07 Å². The van der Waals surface area contributed by atoms with Crippen molar-refractivity contribution in [2.75, 3.05) is 26.1 Å². The lowest BCUT2D eigenvalue weighted by molar-refractivity contribution is -0.156. The van der Waals surface area contributed by atoms with E-state index in [0.717, 1.165) is 4.57 Å². The largest absolute Gasteiger partial charge is 0.393 e. The van der Waals surface area contributed by atoms with Gasteiger partial charge in [-0.15, -0.1) is 0 Å². The van der Waals surface area contributed by atoms with Crippen molar-refractivity contribution in [3.05, 3.63) is 22.7 Å². The molecule has 1 aromatic rings. The molecule has 2 rings (SSSR count). The summed E-state index contributed by atoms with van der Waals surface area (Å²) in [5.41, 5.74) is 2.91. The standard InChI is InChI=1S/C11H16FN3O5/c1-19-5-11(4-16)8(17)7(12)9(20-11)15-3-2-6(13)14-10(15)18/h2-3,7-9,16-17H,4-5H2,1H3,(H2,13,14,18)/t7-,8+,9-,11+/m1/s1. The SMILES string of the molecule is COC[C@]1(CO)O[C@@H](n2ccc(N)nc2=O)[C@H](F)[C@@H]1O. The van der Waals surface area contributed by atoms with E-state index in [0.29, 0.717) is 0 Å². The number of nitrogens with two attached hydrogens (primary N) is 1. The molecule has 0 aromatic carbocycles. The normalized spacial score (nSPS) is 33.5. The molecular weight excluding hydrogens is 273 g/mol. The molecule has 1 aliphatic rings. The molecule has 1 aliphatic heterocycles. The highest BCUT2D eigenvalue weighted by atomic mass is 19.1. The number of aliphatic hydroxyl groups excluding tert-OH is 2. The fourth-order valence-corrected chi connectivity index (χ4v) is 2.19. The molecule has 0 bridgehead atoms. The van der Waals surface area contributed by atoms with Gasteiger partial charge in [0.05, 0.1) is 13.2 Å². The minimum absolute atomic E-state index is 0.00878. The van der Waals surface area contributed by atoms with Crippen LogP contribution in [0.5, 0.6) is 0 Å². The number of aliphatic hydroxyl groups is 2. The average molecular weight is 289 g/mol. The van der Waals surface area contributed by atoms with Gasteiger partial charge in [0.25, 0.3) is 0 Å². The van der Waals surface area contributed by atoms with E-state index in [1.165, 1.54) is 19.4 Å². The maximum Gasteiger partial charge on any atom is 0.351 e. The Bertz CT molecular complexity index is 539. The summed E-state index contributed by atoms with van der Waals surface area (Å²) in [6.45, 7) is -0.880. The van der Waals surface area contributed by atoms with Crippen molar-refractivity contribution in [2.45, 2.75) is 24.1 Å². The molecule has 0 radical (unpaired) electrons. The van der Waals surface area contributed by atoms with Crippen LogP contribution in [-0.2, 0) is 9.47 Å². The number of rotatable bonds is 4. The van der Waals surface area contributed by atoms with Crippen LogP contribution in [0.15, 0.2) is 17.1 Å². The maximum absolute atomic E-state index is 14.2. The number of nitrogen functional groups attached to an aromatic ring is 1. The lowest BCUT2D eigenvalue weighted by Crippen LogP contribution is -2.49. The summed E-state index contributed by atoms with van der Waals surface area (Å²) in [6.07, 6.45) is -3.75. The van der Waals surface area contributed by atoms with Gasteiger partial charge >= 0.3 is 5.69 Å². The van der Waals surface area contributed by atoms with Gasteiger partial charge in [-0.3, -0.25) is 4.57 Å². The number of alkyl halides is 1. The number of aromatic nitrogens is 2. The van der Waals surface area contributed by atoms with Crippen molar-refractivity contribution >= 4 is 5.82 Å². The summed E-state index contributed by atoms with van der Waals surface area (Å²) >= 11 is 0. The van der Waals surface area contributed by atoms with E-state index in [-0.39, 0.29) is 12.4 Å². The van der Waals surface area contributed by atoms with Crippen LogP contribution in [0.4, 0.5) is 10.2 Å². The fourth-order valence-electron chi connectivity index (χ4n) is 2.19. The number of methoxy groups -OCH3 is 1. The summed E-state index contributed by atoms with van der Waals surface area (Å²) in [5.74, 6) is -0.00878. The van der Waals surface area contributed by atoms with E-state index in [2.05, 4.69) is 4.98 Å². The van der Waals surface area contributed by atoms with Crippen LogP contribution in [0.2, 0.25) is 0 Å². The van der Waals surface area contributed by atoms with Gasteiger partial charge in [0, 0.05) is 13.3 Å². The Balaban J connectivity index is 2.37. The zero-order valence-corrected chi connectivity index (χ0v) is 10.8. The van der Waals surface area contributed by atoms with Gasteiger partial charge in [0.15, 0.2) is 12.4 Å². The van der Waals surface area contributed by atoms with E-state index in [1.54, 1.807) is 0 Å². The highest BCUT2D eigenvalue weighted by Gasteiger charge is 2.56. The van der Waals surface area contributed by atoms with Crippen molar-refractivity contribution < 1.29 is 24.1 Å². The molecule has 0 spiro atoms. The van der Waals surface area contributed by atoms with Gasteiger partial charge in [-0.2, -0.15) is 4.98 Å². The van der Waals surface area contributed by atoms with Gasteiger partial charge in [-0.25, -0.2) is 9.18 Å². The molecule has 2 heterocycles. The number of ether oxygens (including phenoxy) is 2. The minimum atomic E-state index is -1.92. The van der Waals surface area contributed by atoms with Crippen LogP contribution in [0, 0.1) is 0 Å². The molecule has 112 valence electrons. The smallest absolute Gasteiger partial charge is 0.351 e. The first-order valence-electron chi connectivity index (χ1n) is 5.89. The van der Waals surface area contributed by atoms with Crippen LogP contribution in [0.1, 0.15) is 6.23 Å². The summed E-state index contributed by atoms with van der Waals surface area (Å²) in [7, 11) is 1.32. The summed E-state index contributed by atoms with van der Waals surface area (Å²) < 4.78 is 25.3. The fraction of sp³-hybridized carbons (Fsp3) is 0.636. The van der Waals surface area contributed by atoms with E-state index in [4.69, 9.17) is 15.2 Å². The third-order valence-electron chi connectivity index (χ3n) is 3.25. The first-order chi connectivity index (χ1) is 9.45. The van der Waals surface area contributed by atoms with Crippen molar-refractivity contribution in [1.82, 2.24) is 9.55 Å². The van der Waals surface area contributed by atoms with E-state index in [9.17, 15) is 19.4 Å². The van der Waals surface area contributed by atoms with Crippen LogP contribution in [-0.4, -0.2) is 58.0 Å². The molecule has 4 N–H and O–H groups in total. The van der Waals surface area contributed by atoms with E-state index < -0.39 is 36.4 Å². The van der Waals surface area contributed by atoms with Gasteiger partial charge < -0.3 is 25.4 Å². The molecule has 1 saturated heterocycles. The third kappa shape index (κ3) is 2.29. The predicted molar refractivity (Wildman–Crippen MR) is 65.6 cm³/mol. The first-order valence-corrected chi connectivity index (χ1v) is 5.89. The average Bonchev–Trinajstić information content (AvgIpc) is 2.65. The summed E-state index contributed by atoms with van der Waals surface area (Å²) in [6, 6.07) is 1.30. The number of halogens is 1. The maximum atomic E-state index is 14.2. The molecule has 0 aliphatic carbocycles. The van der Waals surface area contributed by atoms with Crippen molar-refractivity contribution in [3.8, 4) is 0 Å². The lowest BCUT2D eigenvalue weighted by atomic mass is 9.98. The first kappa shape index (κ1) is 14.9. The van der Waals surface area contributed by atoms with Crippen molar-refractivity contribution in [3.63, 3.8) is 0 Å². The zero-order chi connectivity index (χ0) is 14.9. The van der Waals surface area contributed by atoms with E-state index in [1.807, 2.05) is 0 Å². The van der Waals surface area contributed by atoms with Crippen LogP contribution in [0.25, 0.3) is 0 Å². The van der Waals surface area contributed by atoms with Gasteiger partial charge in [0.2, 0.25) is 0 Å². The highest BCUT2D eigenvalue weighted by Crippen LogP contribution is 2.38. The van der Waals surface area contributed by atoms with Crippen molar-refractivity contribution in [2.24, 2.45) is 0 Å². The Hall–Kier alpha value is -1.55. The summed E-state index contributed by atoms with van der Waals surface area (Å²) in [4.78, 5) is 15.1. The number of nitrogens with zero attached hydrogens (tertiary/aromatic N) is 2. The second kappa shape index (κ2) is 5.44.